The Morgan fingerprint density at radius 1 is 1.19 bits per heavy atom. The van der Waals surface area contributed by atoms with Crippen LogP contribution in [0.25, 0.3) is 5.69 Å². The molecule has 26 heavy (non-hydrogen) atoms. The highest BCUT2D eigenvalue weighted by molar-refractivity contribution is 8.01. The fourth-order valence-corrected chi connectivity index (χ4v) is 5.07. The first-order valence-electron chi connectivity index (χ1n) is 8.21. The fourth-order valence-electron chi connectivity index (χ4n) is 2.95. The van der Waals surface area contributed by atoms with Gasteiger partial charge in [0, 0.05) is 5.69 Å². The van der Waals surface area contributed by atoms with Crippen LogP contribution in [0, 0.1) is 11.3 Å². The van der Waals surface area contributed by atoms with Crippen molar-refractivity contribution in [1.82, 2.24) is 24.0 Å². The van der Waals surface area contributed by atoms with E-state index in [1.807, 2.05) is 30.3 Å². The predicted octanol–water partition coefficient (Wildman–Crippen LogP) is 4.00. The number of nitrogens with zero attached hydrogens (tertiary/aromatic N) is 6. The first kappa shape index (κ1) is 17.5. The molecule has 1 fully saturated rings. The average Bonchev–Trinajstić information content (AvgIpc) is 3.38. The van der Waals surface area contributed by atoms with Crippen LogP contribution in [0.1, 0.15) is 24.2 Å². The van der Waals surface area contributed by atoms with Gasteiger partial charge in [-0.05, 0) is 61.4 Å². The van der Waals surface area contributed by atoms with Crippen LogP contribution in [-0.2, 0) is 6.54 Å². The average molecular weight is 403 g/mol. The molecule has 1 saturated heterocycles. The summed E-state index contributed by atoms with van der Waals surface area (Å²) in [4.78, 5) is 2.39. The van der Waals surface area contributed by atoms with Gasteiger partial charge in [-0.15, -0.1) is 10.2 Å². The standard InChI is InChI=1S/C17H15ClN6S2/c18-15-13(10-19)16(26-22-15)25-17-21-20-14(11-23-8-4-5-9-23)24(17)12-6-2-1-3-7-12/h1-3,6-7H,4-5,8-9,11H2. The zero-order valence-corrected chi connectivity index (χ0v) is 16.2. The lowest BCUT2D eigenvalue weighted by Gasteiger charge is -2.15. The summed E-state index contributed by atoms with van der Waals surface area (Å²) in [6, 6.07) is 12.2. The second-order valence-electron chi connectivity index (χ2n) is 5.90. The molecule has 0 bridgehead atoms. The Hall–Kier alpha value is -1.92. The smallest absolute Gasteiger partial charge is 0.201 e. The maximum absolute atomic E-state index is 9.32. The molecule has 0 aliphatic carbocycles. The molecule has 3 aromatic rings. The van der Waals surface area contributed by atoms with Crippen LogP contribution in [0.15, 0.2) is 39.7 Å². The molecular formula is C17H15ClN6S2. The monoisotopic (exact) mass is 402 g/mol. The number of para-hydroxylation sites is 1. The van der Waals surface area contributed by atoms with Crippen molar-refractivity contribution in [2.75, 3.05) is 13.1 Å². The van der Waals surface area contributed by atoms with Crippen molar-refractivity contribution in [3.05, 3.63) is 46.9 Å². The molecule has 0 atom stereocenters. The highest BCUT2D eigenvalue weighted by atomic mass is 35.5. The zero-order valence-electron chi connectivity index (χ0n) is 13.8. The minimum Gasteiger partial charge on any atom is -0.296 e. The Balaban J connectivity index is 1.72. The summed E-state index contributed by atoms with van der Waals surface area (Å²) < 4.78 is 6.86. The van der Waals surface area contributed by atoms with E-state index >= 15 is 0 Å². The van der Waals surface area contributed by atoms with E-state index in [1.54, 1.807) is 0 Å². The molecule has 0 spiro atoms. The van der Waals surface area contributed by atoms with Crippen molar-refractivity contribution in [2.24, 2.45) is 0 Å². The van der Waals surface area contributed by atoms with Gasteiger partial charge in [0.15, 0.2) is 11.0 Å². The number of halogens is 1. The van der Waals surface area contributed by atoms with Gasteiger partial charge in [-0.1, -0.05) is 29.8 Å². The van der Waals surface area contributed by atoms with Crippen molar-refractivity contribution in [3.63, 3.8) is 0 Å². The Bertz CT molecular complexity index is 940. The SMILES string of the molecule is N#Cc1c(Cl)nsc1Sc1nnc(CN2CCCC2)n1-c1ccccc1. The van der Waals surface area contributed by atoms with Gasteiger partial charge in [0.05, 0.1) is 6.54 Å². The number of aromatic nitrogens is 4. The van der Waals surface area contributed by atoms with E-state index in [0.717, 1.165) is 35.4 Å². The molecule has 6 nitrogen and oxygen atoms in total. The number of likely N-dealkylation sites (tertiary alicyclic amines) is 1. The Labute approximate surface area is 164 Å². The van der Waals surface area contributed by atoms with Gasteiger partial charge >= 0.3 is 0 Å². The normalized spacial score (nSPS) is 14.6. The van der Waals surface area contributed by atoms with Crippen LogP contribution >= 0.6 is 34.9 Å². The van der Waals surface area contributed by atoms with Crippen molar-refractivity contribution in [1.29, 1.82) is 5.26 Å². The highest BCUT2D eigenvalue weighted by Gasteiger charge is 2.22. The molecule has 3 heterocycles. The van der Waals surface area contributed by atoms with Crippen LogP contribution in [0.2, 0.25) is 5.15 Å². The van der Waals surface area contributed by atoms with Gasteiger partial charge in [0.1, 0.15) is 15.8 Å². The van der Waals surface area contributed by atoms with Crippen LogP contribution < -0.4 is 0 Å². The lowest BCUT2D eigenvalue weighted by Crippen LogP contribution is -2.21. The first-order valence-corrected chi connectivity index (χ1v) is 10.2. The van der Waals surface area contributed by atoms with Crippen molar-refractivity contribution >= 4 is 34.9 Å². The van der Waals surface area contributed by atoms with Crippen molar-refractivity contribution in [3.8, 4) is 11.8 Å². The minimum absolute atomic E-state index is 0.239. The molecule has 1 aromatic carbocycles. The van der Waals surface area contributed by atoms with Crippen molar-refractivity contribution < 1.29 is 0 Å². The van der Waals surface area contributed by atoms with Gasteiger partial charge in [-0.25, -0.2) is 0 Å². The summed E-state index contributed by atoms with van der Waals surface area (Å²) in [7, 11) is 0. The summed E-state index contributed by atoms with van der Waals surface area (Å²) in [5, 5.41) is 19.1. The lowest BCUT2D eigenvalue weighted by molar-refractivity contribution is 0.319. The van der Waals surface area contributed by atoms with E-state index < -0.39 is 0 Å². The van der Waals surface area contributed by atoms with Gasteiger partial charge in [0.25, 0.3) is 0 Å². The molecule has 4 rings (SSSR count). The van der Waals surface area contributed by atoms with Gasteiger partial charge in [-0.3, -0.25) is 9.47 Å². The van der Waals surface area contributed by atoms with Crippen LogP contribution in [-0.4, -0.2) is 37.1 Å². The van der Waals surface area contributed by atoms with Gasteiger partial charge in [-0.2, -0.15) is 9.64 Å². The maximum Gasteiger partial charge on any atom is 0.201 e. The van der Waals surface area contributed by atoms with E-state index in [2.05, 4.69) is 30.1 Å². The predicted molar refractivity (Wildman–Crippen MR) is 102 cm³/mol. The summed E-state index contributed by atoms with van der Waals surface area (Å²) in [5.74, 6) is 0.898. The highest BCUT2D eigenvalue weighted by Crippen LogP contribution is 2.37. The molecule has 1 aliphatic rings. The largest absolute Gasteiger partial charge is 0.296 e. The molecular weight excluding hydrogens is 388 g/mol. The van der Waals surface area contributed by atoms with Gasteiger partial charge < -0.3 is 0 Å². The van der Waals surface area contributed by atoms with Crippen LogP contribution in [0.5, 0.6) is 0 Å². The summed E-state index contributed by atoms with van der Waals surface area (Å²) in [6.45, 7) is 2.94. The second-order valence-corrected chi connectivity index (χ2v) is 8.27. The Kier molecular flexibility index (Phi) is 5.22. The Morgan fingerprint density at radius 2 is 1.96 bits per heavy atom. The third-order valence-corrected chi connectivity index (χ3v) is 6.52. The van der Waals surface area contributed by atoms with E-state index in [0.29, 0.717) is 10.7 Å². The fraction of sp³-hybridized carbons (Fsp3) is 0.294. The number of hydrogen-bond donors (Lipinski definition) is 0. The topological polar surface area (TPSA) is 70.6 Å². The van der Waals surface area contributed by atoms with E-state index in [4.69, 9.17) is 11.6 Å². The molecule has 9 heteroatoms. The molecule has 0 radical (unpaired) electrons. The Morgan fingerprint density at radius 3 is 2.69 bits per heavy atom. The summed E-state index contributed by atoms with van der Waals surface area (Å²) in [6.07, 6.45) is 2.46. The lowest BCUT2D eigenvalue weighted by atomic mass is 10.3. The zero-order chi connectivity index (χ0) is 17.9. The first-order chi connectivity index (χ1) is 12.8. The third kappa shape index (κ3) is 3.48. The number of rotatable bonds is 5. The maximum atomic E-state index is 9.32. The molecule has 2 aromatic heterocycles. The summed E-state index contributed by atoms with van der Waals surface area (Å²) >= 11 is 8.59. The van der Waals surface area contributed by atoms with E-state index in [1.165, 1.54) is 36.1 Å². The molecule has 1 aliphatic heterocycles. The number of benzene rings is 1. The molecule has 0 N–H and O–H groups in total. The minimum atomic E-state index is 0.239. The van der Waals surface area contributed by atoms with E-state index in [-0.39, 0.29) is 5.15 Å². The molecule has 0 amide bonds. The van der Waals surface area contributed by atoms with E-state index in [9.17, 15) is 5.26 Å². The molecule has 0 saturated carbocycles. The third-order valence-electron chi connectivity index (χ3n) is 4.19. The molecule has 132 valence electrons. The van der Waals surface area contributed by atoms with Crippen LogP contribution in [0.3, 0.4) is 0 Å². The quantitative estimate of drug-likeness (QED) is 0.642. The van der Waals surface area contributed by atoms with Crippen molar-refractivity contribution in [2.45, 2.75) is 28.8 Å². The molecule has 0 unspecified atom stereocenters. The number of nitriles is 1. The van der Waals surface area contributed by atoms with Gasteiger partial charge in [0.2, 0.25) is 5.16 Å². The second kappa shape index (κ2) is 7.76. The van der Waals surface area contributed by atoms with Crippen LogP contribution in [0.4, 0.5) is 0 Å². The summed E-state index contributed by atoms with van der Waals surface area (Å²) in [5.41, 5.74) is 1.40. The number of hydrogen-bond acceptors (Lipinski definition) is 7.